The van der Waals surface area contributed by atoms with Gasteiger partial charge in [0.2, 0.25) is 0 Å². The van der Waals surface area contributed by atoms with E-state index in [4.69, 9.17) is 17.3 Å². The van der Waals surface area contributed by atoms with E-state index in [0.29, 0.717) is 10.9 Å². The highest BCUT2D eigenvalue weighted by Gasteiger charge is 2.66. The number of rotatable bonds is 2. The molecule has 1 nitrogen and oxygen atoms in total. The van der Waals surface area contributed by atoms with Crippen LogP contribution in [0.2, 0.25) is 5.02 Å². The van der Waals surface area contributed by atoms with E-state index >= 15 is 0 Å². The van der Waals surface area contributed by atoms with Crippen molar-refractivity contribution in [3.8, 4) is 0 Å². The zero-order chi connectivity index (χ0) is 13.0. The number of nitrogens with two attached hydrogens (primary N) is 1. The maximum atomic E-state index is 13.3. The van der Waals surface area contributed by atoms with E-state index in [2.05, 4.69) is 27.7 Å². The van der Waals surface area contributed by atoms with Gasteiger partial charge in [-0.3, -0.25) is 0 Å². The minimum absolute atomic E-state index is 0.169. The van der Waals surface area contributed by atoms with Gasteiger partial charge < -0.3 is 5.73 Å². The van der Waals surface area contributed by atoms with Gasteiger partial charge in [0.25, 0.3) is 0 Å². The molecule has 3 heteroatoms. The highest BCUT2D eigenvalue weighted by atomic mass is 35.5. The Hall–Kier alpha value is -0.600. The smallest absolute Gasteiger partial charge is 0.123 e. The fourth-order valence-electron chi connectivity index (χ4n) is 3.09. The molecule has 0 radical (unpaired) electrons. The highest BCUT2D eigenvalue weighted by Crippen LogP contribution is 2.72. The monoisotopic (exact) mass is 255 g/mol. The van der Waals surface area contributed by atoms with Crippen LogP contribution in [-0.2, 0) is 0 Å². The average Bonchev–Trinajstić information content (AvgIpc) is 2.61. The maximum Gasteiger partial charge on any atom is 0.123 e. The Morgan fingerprint density at radius 3 is 2.24 bits per heavy atom. The molecule has 1 saturated carbocycles. The summed E-state index contributed by atoms with van der Waals surface area (Å²) in [5.74, 6) is 0.0467. The summed E-state index contributed by atoms with van der Waals surface area (Å²) >= 11 is 6.10. The predicted molar refractivity (Wildman–Crippen MR) is 69.4 cm³/mol. The molecular formula is C14H19ClFN. The molecule has 1 aliphatic rings. The lowest BCUT2D eigenvalue weighted by atomic mass is 9.97. The van der Waals surface area contributed by atoms with E-state index in [-0.39, 0.29) is 22.7 Å². The Labute approximate surface area is 107 Å². The van der Waals surface area contributed by atoms with Gasteiger partial charge in [-0.2, -0.15) is 0 Å². The molecule has 1 fully saturated rings. The minimum atomic E-state index is -0.281. The largest absolute Gasteiger partial charge is 0.324 e. The Kier molecular flexibility index (Phi) is 2.79. The second-order valence-electron chi connectivity index (χ2n) is 6.11. The molecular weight excluding hydrogens is 237 g/mol. The topological polar surface area (TPSA) is 26.0 Å². The van der Waals surface area contributed by atoms with Crippen LogP contribution in [0.3, 0.4) is 0 Å². The van der Waals surface area contributed by atoms with E-state index in [1.165, 1.54) is 12.1 Å². The first-order valence-corrected chi connectivity index (χ1v) is 6.28. The molecule has 1 unspecified atom stereocenters. The fraction of sp³-hybridized carbons (Fsp3) is 0.571. The molecule has 0 heterocycles. The zero-order valence-corrected chi connectivity index (χ0v) is 11.5. The predicted octanol–water partition coefficient (Wildman–Crippen LogP) is 4.16. The fourth-order valence-corrected chi connectivity index (χ4v) is 3.34. The SMILES string of the molecule is CC1(C)C(C(N)c2cc(F)ccc2Cl)C1(C)C. The van der Waals surface area contributed by atoms with Crippen molar-refractivity contribution in [1.82, 2.24) is 0 Å². The average molecular weight is 256 g/mol. The third kappa shape index (κ3) is 1.78. The Morgan fingerprint density at radius 2 is 1.76 bits per heavy atom. The Morgan fingerprint density at radius 1 is 1.24 bits per heavy atom. The van der Waals surface area contributed by atoms with E-state index < -0.39 is 0 Å². The zero-order valence-electron chi connectivity index (χ0n) is 10.7. The summed E-state index contributed by atoms with van der Waals surface area (Å²) in [6.07, 6.45) is 0. The molecule has 0 amide bonds. The molecule has 0 bridgehead atoms. The molecule has 1 aromatic rings. The molecule has 2 rings (SSSR count). The van der Waals surface area contributed by atoms with Crippen LogP contribution >= 0.6 is 11.6 Å². The third-order valence-electron chi connectivity index (χ3n) is 4.81. The highest BCUT2D eigenvalue weighted by molar-refractivity contribution is 6.31. The van der Waals surface area contributed by atoms with Gasteiger partial charge in [-0.1, -0.05) is 39.3 Å². The summed E-state index contributed by atoms with van der Waals surface area (Å²) in [4.78, 5) is 0. The summed E-state index contributed by atoms with van der Waals surface area (Å²) in [6, 6.07) is 4.19. The number of halogens is 2. The van der Waals surface area contributed by atoms with E-state index in [1.807, 2.05) is 0 Å². The minimum Gasteiger partial charge on any atom is -0.324 e. The first kappa shape index (κ1) is 12.8. The lowest BCUT2D eigenvalue weighted by Gasteiger charge is -2.16. The van der Waals surface area contributed by atoms with Crippen molar-refractivity contribution < 1.29 is 4.39 Å². The van der Waals surface area contributed by atoms with Crippen molar-refractivity contribution in [2.75, 3.05) is 0 Å². The van der Waals surface area contributed by atoms with Crippen molar-refractivity contribution in [2.45, 2.75) is 33.7 Å². The van der Waals surface area contributed by atoms with Crippen molar-refractivity contribution in [3.05, 3.63) is 34.6 Å². The van der Waals surface area contributed by atoms with Crippen LogP contribution in [0.15, 0.2) is 18.2 Å². The summed E-state index contributed by atoms with van der Waals surface area (Å²) in [7, 11) is 0. The number of hydrogen-bond acceptors (Lipinski definition) is 1. The number of hydrogen-bond donors (Lipinski definition) is 1. The van der Waals surface area contributed by atoms with Crippen molar-refractivity contribution in [2.24, 2.45) is 22.5 Å². The van der Waals surface area contributed by atoms with Crippen molar-refractivity contribution >= 4 is 11.6 Å². The lowest BCUT2D eigenvalue weighted by Crippen LogP contribution is -2.17. The Balaban J connectivity index is 2.34. The van der Waals surface area contributed by atoms with Gasteiger partial charge >= 0.3 is 0 Å². The first-order chi connectivity index (χ1) is 7.69. The third-order valence-corrected chi connectivity index (χ3v) is 5.15. The van der Waals surface area contributed by atoms with Crippen LogP contribution in [0, 0.1) is 22.6 Å². The lowest BCUT2D eigenvalue weighted by molar-refractivity contribution is 0.457. The standard InChI is InChI=1S/C14H19ClFN/c1-13(2)12(14(13,3)4)11(17)9-7-8(16)5-6-10(9)15/h5-7,11-12H,17H2,1-4H3. The second-order valence-corrected chi connectivity index (χ2v) is 6.52. The second kappa shape index (κ2) is 3.69. The van der Waals surface area contributed by atoms with Crippen LogP contribution in [0.25, 0.3) is 0 Å². The van der Waals surface area contributed by atoms with Gasteiger partial charge in [0.15, 0.2) is 0 Å². The molecule has 0 aromatic heterocycles. The molecule has 1 atom stereocenters. The normalized spacial score (nSPS) is 23.5. The quantitative estimate of drug-likeness (QED) is 0.844. The first-order valence-electron chi connectivity index (χ1n) is 5.90. The van der Waals surface area contributed by atoms with Gasteiger partial charge in [0.05, 0.1) is 0 Å². The maximum absolute atomic E-state index is 13.3. The molecule has 0 aliphatic heterocycles. The van der Waals surface area contributed by atoms with Crippen LogP contribution in [0.4, 0.5) is 4.39 Å². The summed E-state index contributed by atoms with van der Waals surface area (Å²) < 4.78 is 13.3. The van der Waals surface area contributed by atoms with Gasteiger partial charge in [0, 0.05) is 11.1 Å². The van der Waals surface area contributed by atoms with E-state index in [0.717, 1.165) is 5.56 Å². The molecule has 1 aliphatic carbocycles. The molecule has 2 N–H and O–H groups in total. The molecule has 0 spiro atoms. The Bertz CT molecular complexity index is 440. The van der Waals surface area contributed by atoms with Gasteiger partial charge in [-0.05, 0) is 40.5 Å². The molecule has 94 valence electrons. The molecule has 1 aromatic carbocycles. The summed E-state index contributed by atoms with van der Waals surface area (Å²) in [5, 5.41) is 0.553. The van der Waals surface area contributed by atoms with E-state index in [1.54, 1.807) is 6.07 Å². The van der Waals surface area contributed by atoms with Crippen LogP contribution < -0.4 is 5.73 Å². The van der Waals surface area contributed by atoms with Crippen LogP contribution in [0.1, 0.15) is 39.3 Å². The van der Waals surface area contributed by atoms with Crippen LogP contribution in [0.5, 0.6) is 0 Å². The molecule has 0 saturated heterocycles. The summed E-state index contributed by atoms with van der Waals surface area (Å²) in [5.41, 5.74) is 7.33. The van der Waals surface area contributed by atoms with Gasteiger partial charge in [0.1, 0.15) is 5.82 Å². The molecule has 17 heavy (non-hydrogen) atoms. The van der Waals surface area contributed by atoms with Crippen molar-refractivity contribution in [1.29, 1.82) is 0 Å². The van der Waals surface area contributed by atoms with Gasteiger partial charge in [-0.15, -0.1) is 0 Å². The van der Waals surface area contributed by atoms with Crippen molar-refractivity contribution in [3.63, 3.8) is 0 Å². The van der Waals surface area contributed by atoms with E-state index in [9.17, 15) is 4.39 Å². The van der Waals surface area contributed by atoms with Gasteiger partial charge in [-0.25, -0.2) is 4.39 Å². The van der Waals surface area contributed by atoms with Crippen LogP contribution in [-0.4, -0.2) is 0 Å². The number of benzene rings is 1. The summed E-state index contributed by atoms with van der Waals surface area (Å²) in [6.45, 7) is 8.80.